The SMILES string of the molecule is CCOC1CC(N)(C(=O)NCc2cccnc2)C1(C)C. The van der Waals surface area contributed by atoms with Crippen molar-refractivity contribution in [1.82, 2.24) is 10.3 Å². The summed E-state index contributed by atoms with van der Waals surface area (Å²) in [6.45, 7) is 7.01. The molecule has 0 aromatic carbocycles. The zero-order chi connectivity index (χ0) is 14.8. The van der Waals surface area contributed by atoms with E-state index in [2.05, 4.69) is 10.3 Å². The third kappa shape index (κ3) is 2.43. The highest BCUT2D eigenvalue weighted by Crippen LogP contribution is 2.49. The molecular weight excluding hydrogens is 254 g/mol. The molecule has 1 amide bonds. The maximum atomic E-state index is 12.4. The van der Waals surface area contributed by atoms with Crippen molar-refractivity contribution in [2.45, 2.75) is 45.4 Å². The molecule has 1 aromatic heterocycles. The minimum absolute atomic E-state index is 0.0432. The Kier molecular flexibility index (Phi) is 4.11. The van der Waals surface area contributed by atoms with Crippen LogP contribution in [-0.4, -0.2) is 29.1 Å². The predicted molar refractivity (Wildman–Crippen MR) is 76.8 cm³/mol. The molecule has 1 aliphatic carbocycles. The lowest BCUT2D eigenvalue weighted by Crippen LogP contribution is -2.75. The van der Waals surface area contributed by atoms with Crippen molar-refractivity contribution in [2.75, 3.05) is 6.61 Å². The van der Waals surface area contributed by atoms with E-state index >= 15 is 0 Å². The largest absolute Gasteiger partial charge is 0.378 e. The van der Waals surface area contributed by atoms with Gasteiger partial charge in [0.15, 0.2) is 0 Å². The maximum absolute atomic E-state index is 12.4. The van der Waals surface area contributed by atoms with Crippen LogP contribution >= 0.6 is 0 Å². The fraction of sp³-hybridized carbons (Fsp3) is 0.600. The van der Waals surface area contributed by atoms with E-state index in [0.29, 0.717) is 19.6 Å². The van der Waals surface area contributed by atoms with E-state index in [9.17, 15) is 4.79 Å². The number of aromatic nitrogens is 1. The second-order valence-corrected chi connectivity index (χ2v) is 5.89. The summed E-state index contributed by atoms with van der Waals surface area (Å²) >= 11 is 0. The van der Waals surface area contributed by atoms with Crippen molar-refractivity contribution in [3.05, 3.63) is 30.1 Å². The summed E-state index contributed by atoms with van der Waals surface area (Å²) in [5, 5.41) is 2.90. The van der Waals surface area contributed by atoms with Crippen LogP contribution in [-0.2, 0) is 16.1 Å². The van der Waals surface area contributed by atoms with Gasteiger partial charge in [0.25, 0.3) is 0 Å². The van der Waals surface area contributed by atoms with Crippen LogP contribution in [0.25, 0.3) is 0 Å². The van der Waals surface area contributed by atoms with E-state index in [1.807, 2.05) is 32.9 Å². The molecule has 0 radical (unpaired) electrons. The van der Waals surface area contributed by atoms with Crippen molar-refractivity contribution in [3.8, 4) is 0 Å². The smallest absolute Gasteiger partial charge is 0.241 e. The fourth-order valence-corrected chi connectivity index (χ4v) is 2.66. The van der Waals surface area contributed by atoms with Gasteiger partial charge in [-0.25, -0.2) is 0 Å². The van der Waals surface area contributed by atoms with E-state index in [1.165, 1.54) is 0 Å². The Morgan fingerprint density at radius 1 is 1.60 bits per heavy atom. The lowest BCUT2D eigenvalue weighted by Gasteiger charge is -2.57. The standard InChI is InChI=1S/C15H23N3O2/c1-4-20-12-8-15(16,14(12,2)3)13(19)18-10-11-6-5-7-17-9-11/h5-7,9,12H,4,8,10,16H2,1-3H3,(H,18,19). The molecule has 1 aromatic rings. The number of nitrogens with two attached hydrogens (primary N) is 1. The van der Waals surface area contributed by atoms with Crippen molar-refractivity contribution < 1.29 is 9.53 Å². The van der Waals surface area contributed by atoms with Crippen molar-refractivity contribution in [2.24, 2.45) is 11.1 Å². The van der Waals surface area contributed by atoms with Gasteiger partial charge in [0.1, 0.15) is 5.54 Å². The molecule has 5 heteroatoms. The first-order valence-electron chi connectivity index (χ1n) is 6.99. The molecule has 3 N–H and O–H groups in total. The molecule has 2 unspecified atom stereocenters. The number of nitrogens with zero attached hydrogens (tertiary/aromatic N) is 1. The third-order valence-electron chi connectivity index (χ3n) is 4.41. The number of hydrogen-bond acceptors (Lipinski definition) is 4. The van der Waals surface area contributed by atoms with Crippen LogP contribution in [0.2, 0.25) is 0 Å². The Bertz CT molecular complexity index is 475. The second kappa shape index (κ2) is 5.50. The molecular formula is C15H23N3O2. The maximum Gasteiger partial charge on any atom is 0.241 e. The van der Waals surface area contributed by atoms with Gasteiger partial charge in [0, 0.05) is 37.4 Å². The van der Waals surface area contributed by atoms with Gasteiger partial charge in [-0.1, -0.05) is 19.9 Å². The predicted octanol–water partition coefficient (Wildman–Crippen LogP) is 1.23. The summed E-state index contributed by atoms with van der Waals surface area (Å²) in [7, 11) is 0. The number of rotatable bonds is 5. The number of carbonyl (C=O) groups is 1. The lowest BCUT2D eigenvalue weighted by atomic mass is 9.54. The normalized spacial score (nSPS) is 27.7. The minimum atomic E-state index is -0.866. The van der Waals surface area contributed by atoms with Gasteiger partial charge in [0.2, 0.25) is 5.91 Å². The van der Waals surface area contributed by atoms with Gasteiger partial charge in [-0.3, -0.25) is 9.78 Å². The molecule has 0 spiro atoms. The van der Waals surface area contributed by atoms with Gasteiger partial charge in [0.05, 0.1) is 6.10 Å². The monoisotopic (exact) mass is 277 g/mol. The molecule has 1 fully saturated rings. The minimum Gasteiger partial charge on any atom is -0.378 e. The summed E-state index contributed by atoms with van der Waals surface area (Å²) in [6, 6.07) is 3.77. The molecule has 0 bridgehead atoms. The fourth-order valence-electron chi connectivity index (χ4n) is 2.66. The summed E-state index contributed by atoms with van der Waals surface area (Å²) in [6.07, 6.45) is 4.05. The Morgan fingerprint density at radius 2 is 2.35 bits per heavy atom. The van der Waals surface area contributed by atoms with Gasteiger partial charge in [-0.15, -0.1) is 0 Å². The number of nitrogens with one attached hydrogen (secondary N) is 1. The molecule has 2 rings (SSSR count). The van der Waals surface area contributed by atoms with Gasteiger partial charge in [-0.2, -0.15) is 0 Å². The molecule has 20 heavy (non-hydrogen) atoms. The van der Waals surface area contributed by atoms with E-state index in [-0.39, 0.29) is 17.4 Å². The van der Waals surface area contributed by atoms with Crippen LogP contribution in [0.4, 0.5) is 0 Å². The average Bonchev–Trinajstić information content (AvgIpc) is 2.45. The van der Waals surface area contributed by atoms with Crippen LogP contribution in [0, 0.1) is 5.41 Å². The van der Waals surface area contributed by atoms with Crippen LogP contribution in [0.5, 0.6) is 0 Å². The van der Waals surface area contributed by atoms with E-state index in [0.717, 1.165) is 5.56 Å². The molecule has 1 aliphatic rings. The molecule has 110 valence electrons. The first kappa shape index (κ1) is 14.9. The lowest BCUT2D eigenvalue weighted by molar-refractivity contribution is -0.170. The van der Waals surface area contributed by atoms with E-state index < -0.39 is 5.54 Å². The highest BCUT2D eigenvalue weighted by molar-refractivity contribution is 5.88. The number of carbonyl (C=O) groups excluding carboxylic acids is 1. The van der Waals surface area contributed by atoms with Gasteiger partial charge >= 0.3 is 0 Å². The molecule has 5 nitrogen and oxygen atoms in total. The highest BCUT2D eigenvalue weighted by atomic mass is 16.5. The van der Waals surface area contributed by atoms with E-state index in [4.69, 9.17) is 10.5 Å². The van der Waals surface area contributed by atoms with Crippen LogP contribution in [0.1, 0.15) is 32.8 Å². The average molecular weight is 277 g/mol. The zero-order valence-corrected chi connectivity index (χ0v) is 12.3. The number of hydrogen-bond donors (Lipinski definition) is 2. The summed E-state index contributed by atoms with van der Waals surface area (Å²) < 4.78 is 5.63. The second-order valence-electron chi connectivity index (χ2n) is 5.89. The van der Waals surface area contributed by atoms with Gasteiger partial charge in [-0.05, 0) is 18.6 Å². The summed E-state index contributed by atoms with van der Waals surface area (Å²) in [5.41, 5.74) is 6.04. The quantitative estimate of drug-likeness (QED) is 0.848. The molecule has 1 saturated carbocycles. The van der Waals surface area contributed by atoms with Crippen molar-refractivity contribution in [1.29, 1.82) is 0 Å². The number of pyridine rings is 1. The van der Waals surface area contributed by atoms with E-state index in [1.54, 1.807) is 12.4 Å². The van der Waals surface area contributed by atoms with Gasteiger partial charge < -0.3 is 15.8 Å². The topological polar surface area (TPSA) is 77.2 Å². The highest BCUT2D eigenvalue weighted by Gasteiger charge is 2.62. The Labute approximate surface area is 119 Å². The van der Waals surface area contributed by atoms with Crippen LogP contribution in [0.15, 0.2) is 24.5 Å². The summed E-state index contributed by atoms with van der Waals surface area (Å²) in [5.74, 6) is -0.123. The Hall–Kier alpha value is -1.46. The Morgan fingerprint density at radius 3 is 2.90 bits per heavy atom. The molecule has 0 aliphatic heterocycles. The zero-order valence-electron chi connectivity index (χ0n) is 12.3. The first-order chi connectivity index (χ1) is 9.41. The first-order valence-corrected chi connectivity index (χ1v) is 6.99. The number of amides is 1. The Balaban J connectivity index is 1.96. The van der Waals surface area contributed by atoms with Crippen LogP contribution < -0.4 is 11.1 Å². The van der Waals surface area contributed by atoms with Crippen molar-refractivity contribution in [3.63, 3.8) is 0 Å². The summed E-state index contributed by atoms with van der Waals surface area (Å²) in [4.78, 5) is 16.4. The molecule has 1 heterocycles. The molecule has 0 saturated heterocycles. The van der Waals surface area contributed by atoms with Crippen molar-refractivity contribution >= 4 is 5.91 Å². The third-order valence-corrected chi connectivity index (χ3v) is 4.41. The molecule has 2 atom stereocenters. The van der Waals surface area contributed by atoms with Crippen LogP contribution in [0.3, 0.4) is 0 Å². The number of ether oxygens (including phenoxy) is 1.